The highest BCUT2D eigenvalue weighted by Crippen LogP contribution is 2.56. The Morgan fingerprint density at radius 2 is 1.86 bits per heavy atom. The number of nitrogens with zero attached hydrogens (tertiary/aromatic N) is 1. The van der Waals surface area contributed by atoms with Crippen molar-refractivity contribution in [1.29, 1.82) is 5.26 Å². The van der Waals surface area contributed by atoms with E-state index in [1.807, 2.05) is 37.3 Å². The van der Waals surface area contributed by atoms with Crippen LogP contribution in [0, 0.1) is 36.4 Å². The molecule has 2 aromatic carbocycles. The molecule has 35 heavy (non-hydrogen) atoms. The van der Waals surface area contributed by atoms with Crippen LogP contribution in [0.4, 0.5) is 4.39 Å². The zero-order valence-corrected chi connectivity index (χ0v) is 20.5. The van der Waals surface area contributed by atoms with Crippen molar-refractivity contribution in [1.82, 2.24) is 5.32 Å². The molecular formula is C28H27FN2O3S. The van der Waals surface area contributed by atoms with Gasteiger partial charge in [-0.25, -0.2) is 9.28 Å². The van der Waals surface area contributed by atoms with Gasteiger partial charge in [0.05, 0.1) is 23.3 Å². The molecule has 0 aliphatic heterocycles. The molecular weight excluding hydrogens is 463 g/mol. The number of thiophene rings is 1. The quantitative estimate of drug-likeness (QED) is 0.320. The van der Waals surface area contributed by atoms with Crippen molar-refractivity contribution < 1.29 is 19.3 Å². The molecule has 0 atom stereocenters. The molecule has 2 saturated carbocycles. The fraction of sp³-hybridized carbons (Fsp3) is 0.357. The highest BCUT2D eigenvalue weighted by Gasteiger charge is 2.54. The SMILES string of the molecule is Cc1sc(C)c(C(=O)NC2CC3(C2)CC(OO)C3)c1Cc1ccc(-c2cc(F)cc(C#N)c2)cc1. The average molecular weight is 491 g/mol. The number of aryl methyl sites for hydroxylation is 2. The first-order chi connectivity index (χ1) is 16.8. The smallest absolute Gasteiger partial charge is 0.252 e. The number of rotatable bonds is 6. The van der Waals surface area contributed by atoms with E-state index < -0.39 is 5.82 Å². The molecule has 2 N–H and O–H groups in total. The third-order valence-corrected chi connectivity index (χ3v) is 8.53. The topological polar surface area (TPSA) is 82.3 Å². The molecule has 180 valence electrons. The van der Waals surface area contributed by atoms with Crippen molar-refractivity contribution in [2.45, 2.75) is 58.1 Å². The molecule has 1 aromatic heterocycles. The monoisotopic (exact) mass is 490 g/mol. The Labute approximate surface area is 208 Å². The minimum atomic E-state index is -0.431. The van der Waals surface area contributed by atoms with Gasteiger partial charge in [0, 0.05) is 15.8 Å². The molecule has 2 aliphatic carbocycles. The number of amides is 1. The van der Waals surface area contributed by atoms with Crippen LogP contribution in [0.2, 0.25) is 0 Å². The standard InChI is InChI=1S/C28H27FN2O3S/c1-16-25(9-18-3-5-20(6-4-18)21-7-19(15-30)8-22(29)10-21)26(17(2)35-16)27(32)31-23-11-28(12-23)13-24(14-28)34-33/h3-8,10,23-24,33H,9,11-14H2,1-2H3,(H,31,32). The van der Waals surface area contributed by atoms with Gasteiger partial charge < -0.3 is 5.32 Å². The van der Waals surface area contributed by atoms with Crippen molar-refractivity contribution in [2.75, 3.05) is 0 Å². The van der Waals surface area contributed by atoms with Crippen molar-refractivity contribution in [3.63, 3.8) is 0 Å². The number of hydrogen-bond acceptors (Lipinski definition) is 5. The molecule has 0 bridgehead atoms. The van der Waals surface area contributed by atoms with E-state index in [0.29, 0.717) is 17.5 Å². The lowest BCUT2D eigenvalue weighted by atomic mass is 9.53. The maximum Gasteiger partial charge on any atom is 0.252 e. The molecule has 1 heterocycles. The summed E-state index contributed by atoms with van der Waals surface area (Å²) < 4.78 is 13.9. The number of nitriles is 1. The Balaban J connectivity index is 1.29. The molecule has 0 radical (unpaired) electrons. The van der Waals surface area contributed by atoms with E-state index in [0.717, 1.165) is 57.7 Å². The van der Waals surface area contributed by atoms with E-state index in [1.165, 1.54) is 12.1 Å². The normalized spacial score (nSPS) is 22.8. The molecule has 2 aliphatic rings. The molecule has 0 saturated heterocycles. The van der Waals surface area contributed by atoms with Crippen molar-refractivity contribution in [2.24, 2.45) is 5.41 Å². The first kappa shape index (κ1) is 23.7. The van der Waals surface area contributed by atoms with Crippen molar-refractivity contribution in [3.05, 3.63) is 80.3 Å². The average Bonchev–Trinajstić information content (AvgIpc) is 3.07. The van der Waals surface area contributed by atoms with Crippen molar-refractivity contribution in [3.8, 4) is 17.2 Å². The third kappa shape index (κ3) is 4.62. The second-order valence-corrected chi connectivity index (χ2v) is 11.4. The van der Waals surface area contributed by atoms with E-state index in [4.69, 9.17) is 10.5 Å². The first-order valence-electron chi connectivity index (χ1n) is 11.8. The van der Waals surface area contributed by atoms with Gasteiger partial charge in [-0.1, -0.05) is 24.3 Å². The fourth-order valence-electron chi connectivity index (χ4n) is 5.74. The highest BCUT2D eigenvalue weighted by molar-refractivity contribution is 7.12. The number of benzene rings is 2. The number of halogens is 1. The van der Waals surface area contributed by atoms with E-state index in [2.05, 4.69) is 17.1 Å². The summed E-state index contributed by atoms with van der Waals surface area (Å²) in [4.78, 5) is 19.8. The summed E-state index contributed by atoms with van der Waals surface area (Å²) in [5.41, 5.74) is 4.90. The predicted molar refractivity (Wildman–Crippen MR) is 133 cm³/mol. The Bertz CT molecular complexity index is 1310. The van der Waals surface area contributed by atoms with Gasteiger partial charge in [-0.3, -0.25) is 10.1 Å². The second-order valence-electron chi connectivity index (χ2n) is 10.00. The van der Waals surface area contributed by atoms with Gasteiger partial charge in [-0.15, -0.1) is 11.3 Å². The lowest BCUT2D eigenvalue weighted by Crippen LogP contribution is -2.58. The molecule has 2 fully saturated rings. The zero-order chi connectivity index (χ0) is 24.7. The molecule has 3 aromatic rings. The van der Waals surface area contributed by atoms with Crippen LogP contribution in [0.1, 0.15) is 62.5 Å². The lowest BCUT2D eigenvalue weighted by Gasteiger charge is -2.56. The third-order valence-electron chi connectivity index (χ3n) is 7.47. The van der Waals surface area contributed by atoms with E-state index in [9.17, 15) is 9.18 Å². The first-order valence-corrected chi connectivity index (χ1v) is 12.6. The summed E-state index contributed by atoms with van der Waals surface area (Å²) in [5.74, 6) is -0.448. The van der Waals surface area contributed by atoms with Crippen molar-refractivity contribution >= 4 is 17.2 Å². The molecule has 5 nitrogen and oxygen atoms in total. The van der Waals surface area contributed by atoms with E-state index >= 15 is 0 Å². The predicted octanol–water partition coefficient (Wildman–Crippen LogP) is 6.16. The van der Waals surface area contributed by atoms with Gasteiger partial charge in [0.2, 0.25) is 0 Å². The number of carbonyl (C=O) groups excluding carboxylic acids is 1. The van der Waals surface area contributed by atoms with E-state index in [1.54, 1.807) is 17.4 Å². The fourth-order valence-corrected chi connectivity index (χ4v) is 6.81. The van der Waals surface area contributed by atoms with Crippen LogP contribution in [0.3, 0.4) is 0 Å². The molecule has 1 amide bonds. The van der Waals surface area contributed by atoms with Gasteiger partial charge in [0.25, 0.3) is 5.91 Å². The maximum absolute atomic E-state index is 13.9. The molecule has 5 rings (SSSR count). The van der Waals surface area contributed by atoms with Crippen LogP contribution in [0.5, 0.6) is 0 Å². The Morgan fingerprint density at radius 3 is 2.51 bits per heavy atom. The minimum absolute atomic E-state index is 0.0172. The number of hydrogen-bond donors (Lipinski definition) is 2. The van der Waals surface area contributed by atoms with Crippen LogP contribution in [0.15, 0.2) is 42.5 Å². The Morgan fingerprint density at radius 1 is 1.14 bits per heavy atom. The molecule has 7 heteroatoms. The Kier molecular flexibility index (Phi) is 6.22. The number of nitrogens with one attached hydrogen (secondary N) is 1. The summed E-state index contributed by atoms with van der Waals surface area (Å²) in [7, 11) is 0. The lowest BCUT2D eigenvalue weighted by molar-refractivity contribution is -0.320. The highest BCUT2D eigenvalue weighted by atomic mass is 32.1. The summed E-state index contributed by atoms with van der Waals surface area (Å²) in [5, 5.41) is 21.1. The van der Waals surface area contributed by atoms with Crippen LogP contribution in [0.25, 0.3) is 11.1 Å². The Hall–Kier alpha value is -3.05. The van der Waals surface area contributed by atoms with E-state index in [-0.39, 0.29) is 23.5 Å². The summed E-state index contributed by atoms with van der Waals surface area (Å²) in [6.45, 7) is 4.04. The van der Waals surface area contributed by atoms with Gasteiger partial charge >= 0.3 is 0 Å². The van der Waals surface area contributed by atoms with Crippen LogP contribution < -0.4 is 5.32 Å². The largest absolute Gasteiger partial charge is 0.349 e. The van der Waals surface area contributed by atoms with Gasteiger partial charge in [0.1, 0.15) is 5.82 Å². The zero-order valence-electron chi connectivity index (χ0n) is 19.7. The van der Waals surface area contributed by atoms with Gasteiger partial charge in [-0.05, 0) is 91.8 Å². The van der Waals surface area contributed by atoms with Gasteiger partial charge in [-0.2, -0.15) is 5.26 Å². The summed E-state index contributed by atoms with van der Waals surface area (Å²) in [6, 6.07) is 14.3. The van der Waals surface area contributed by atoms with Crippen LogP contribution in [-0.4, -0.2) is 23.3 Å². The minimum Gasteiger partial charge on any atom is -0.349 e. The number of carbonyl (C=O) groups is 1. The van der Waals surface area contributed by atoms with Crippen LogP contribution >= 0.6 is 11.3 Å². The van der Waals surface area contributed by atoms with Gasteiger partial charge in [0.15, 0.2) is 0 Å². The maximum atomic E-state index is 13.9. The summed E-state index contributed by atoms with van der Waals surface area (Å²) >= 11 is 1.64. The molecule has 0 unspecified atom stereocenters. The van der Waals surface area contributed by atoms with Crippen LogP contribution in [-0.2, 0) is 11.3 Å². The summed E-state index contributed by atoms with van der Waals surface area (Å²) in [6.07, 6.45) is 4.18. The second kappa shape index (κ2) is 9.19. The molecule has 1 spiro atoms.